The number of rotatable bonds is 1. The van der Waals surface area contributed by atoms with Gasteiger partial charge in [0.25, 0.3) is 0 Å². The predicted octanol–water partition coefficient (Wildman–Crippen LogP) is 0.357. The third kappa shape index (κ3) is 6.19. The highest BCUT2D eigenvalue weighted by molar-refractivity contribution is 6.02. The molecule has 2 aromatic rings. The van der Waals surface area contributed by atoms with E-state index in [9.17, 15) is 14.4 Å². The van der Waals surface area contributed by atoms with E-state index < -0.39 is 12.1 Å². The van der Waals surface area contributed by atoms with Crippen molar-refractivity contribution in [1.82, 2.24) is 5.32 Å². The average Bonchev–Trinajstić information content (AvgIpc) is 2.72. The van der Waals surface area contributed by atoms with Crippen molar-refractivity contribution in [3.05, 3.63) is 47.5 Å². The third-order valence-corrected chi connectivity index (χ3v) is 4.76. The molecule has 0 fully saturated rings. The summed E-state index contributed by atoms with van der Waals surface area (Å²) in [6.07, 6.45) is 1.04. The van der Waals surface area contributed by atoms with Crippen LogP contribution in [0.1, 0.15) is 25.0 Å². The quantitative estimate of drug-likeness (QED) is 0.311. The van der Waals surface area contributed by atoms with Crippen LogP contribution in [0.25, 0.3) is 0 Å². The van der Waals surface area contributed by atoms with E-state index in [2.05, 4.69) is 16.0 Å². The van der Waals surface area contributed by atoms with Gasteiger partial charge in [0.05, 0.1) is 28.8 Å². The fourth-order valence-corrected chi connectivity index (χ4v) is 3.32. The smallest absolute Gasteiger partial charge is 0.247 e. The van der Waals surface area contributed by atoms with Gasteiger partial charge in [-0.1, -0.05) is 24.3 Å². The molecule has 172 valence electrons. The van der Waals surface area contributed by atoms with E-state index in [4.69, 9.17) is 22.3 Å². The number of hydrogen-bond acceptors (Lipinski definition) is 7. The van der Waals surface area contributed by atoms with Crippen molar-refractivity contribution in [3.63, 3.8) is 0 Å². The van der Waals surface area contributed by atoms with Gasteiger partial charge >= 0.3 is 0 Å². The maximum atomic E-state index is 11.7. The number of aliphatic hydroxyl groups is 1. The Morgan fingerprint density at radius 1 is 1.00 bits per heavy atom. The molecule has 4 rings (SSSR count). The second-order valence-electron chi connectivity index (χ2n) is 7.33. The largest absolute Gasteiger partial charge is 0.397 e. The maximum absolute atomic E-state index is 11.7. The lowest BCUT2D eigenvalue weighted by atomic mass is 9.98. The molecule has 2 unspecified atom stereocenters. The van der Waals surface area contributed by atoms with Crippen LogP contribution in [0.5, 0.6) is 0 Å². The van der Waals surface area contributed by atoms with E-state index in [0.717, 1.165) is 11.1 Å². The van der Waals surface area contributed by atoms with Crippen molar-refractivity contribution < 1.29 is 19.5 Å². The summed E-state index contributed by atoms with van der Waals surface area (Å²) < 4.78 is 0. The van der Waals surface area contributed by atoms with E-state index in [-0.39, 0.29) is 24.3 Å². The molecule has 2 atom stereocenters. The minimum absolute atomic E-state index is 0.162. The Kier molecular flexibility index (Phi) is 8.56. The first-order valence-corrected chi connectivity index (χ1v) is 10.2. The standard InChI is InChI=1S/C11H13N3O2.C9H11N3O.C2H6O/c1-6(15)13-9-5-7-3-2-4-8(12)10(7)14-11(9)16;10-6-3-1-2-5-4-7(11)9(13)12-8(5)6;1-2-3/h2-4,9H,5,12H2,1H3,(H,13,15)(H,14,16);1-3,7H,4,10-11H2,(H,12,13);3H,2H2,1H3. The number of nitrogens with one attached hydrogen (secondary N) is 3. The van der Waals surface area contributed by atoms with Gasteiger partial charge in [-0.3, -0.25) is 14.4 Å². The lowest BCUT2D eigenvalue weighted by molar-refractivity contribution is -0.125. The van der Waals surface area contributed by atoms with Gasteiger partial charge < -0.3 is 38.3 Å². The first-order valence-electron chi connectivity index (χ1n) is 10.2. The Morgan fingerprint density at radius 2 is 1.47 bits per heavy atom. The Balaban J connectivity index is 0.000000206. The molecule has 32 heavy (non-hydrogen) atoms. The molecule has 0 spiro atoms. The number of anilines is 4. The summed E-state index contributed by atoms with van der Waals surface area (Å²) in [6, 6.07) is 10.0. The zero-order valence-electron chi connectivity index (χ0n) is 18.1. The molecule has 0 aromatic heterocycles. The molecule has 10 nitrogen and oxygen atoms in total. The number of aliphatic hydroxyl groups excluding tert-OH is 1. The van der Waals surface area contributed by atoms with Gasteiger partial charge in [-0.05, 0) is 36.6 Å². The number of nitrogens with two attached hydrogens (primary N) is 3. The van der Waals surface area contributed by atoms with Crippen LogP contribution in [0.2, 0.25) is 0 Å². The van der Waals surface area contributed by atoms with Crippen LogP contribution in [-0.4, -0.2) is 41.5 Å². The van der Waals surface area contributed by atoms with Crippen LogP contribution in [0.3, 0.4) is 0 Å². The van der Waals surface area contributed by atoms with Crippen LogP contribution >= 0.6 is 0 Å². The normalized spacial score (nSPS) is 18.2. The summed E-state index contributed by atoms with van der Waals surface area (Å²) >= 11 is 0. The van der Waals surface area contributed by atoms with Crippen molar-refractivity contribution in [2.75, 3.05) is 28.7 Å². The molecule has 2 aromatic carbocycles. The van der Waals surface area contributed by atoms with Gasteiger partial charge in [-0.15, -0.1) is 0 Å². The van der Waals surface area contributed by atoms with E-state index in [1.54, 1.807) is 19.1 Å². The lowest BCUT2D eigenvalue weighted by Crippen LogP contribution is -2.47. The molecule has 0 radical (unpaired) electrons. The minimum atomic E-state index is -0.508. The van der Waals surface area contributed by atoms with E-state index in [1.165, 1.54) is 6.92 Å². The monoisotopic (exact) mass is 442 g/mol. The lowest BCUT2D eigenvalue weighted by Gasteiger charge is -2.25. The van der Waals surface area contributed by atoms with Crippen LogP contribution in [-0.2, 0) is 27.2 Å². The summed E-state index contributed by atoms with van der Waals surface area (Å²) in [5, 5.41) is 15.6. The number of carbonyl (C=O) groups is 3. The highest BCUT2D eigenvalue weighted by Gasteiger charge is 2.27. The maximum Gasteiger partial charge on any atom is 0.247 e. The van der Waals surface area contributed by atoms with Gasteiger partial charge in [-0.25, -0.2) is 0 Å². The number of fused-ring (bicyclic) bond motifs is 2. The van der Waals surface area contributed by atoms with Gasteiger partial charge in [0.15, 0.2) is 0 Å². The van der Waals surface area contributed by atoms with E-state index >= 15 is 0 Å². The number of hydrogen-bond donors (Lipinski definition) is 7. The minimum Gasteiger partial charge on any atom is -0.397 e. The van der Waals surface area contributed by atoms with Gasteiger partial charge in [-0.2, -0.15) is 0 Å². The summed E-state index contributed by atoms with van der Waals surface area (Å²) in [5.74, 6) is -0.599. The molecule has 2 aliphatic rings. The zero-order chi connectivity index (χ0) is 23.8. The Hall–Kier alpha value is -3.63. The molecule has 2 aliphatic heterocycles. The second-order valence-corrected chi connectivity index (χ2v) is 7.33. The zero-order valence-corrected chi connectivity index (χ0v) is 18.1. The summed E-state index contributed by atoms with van der Waals surface area (Å²) in [6.45, 7) is 3.32. The fraction of sp³-hybridized carbons (Fsp3) is 0.318. The molecule has 0 aliphatic carbocycles. The molecule has 0 saturated carbocycles. The topological polar surface area (TPSA) is 186 Å². The average molecular weight is 443 g/mol. The van der Waals surface area contributed by atoms with Crippen LogP contribution in [0.4, 0.5) is 22.7 Å². The summed E-state index contributed by atoms with van der Waals surface area (Å²) in [7, 11) is 0. The first-order chi connectivity index (χ1) is 15.2. The number of carbonyl (C=O) groups excluding carboxylic acids is 3. The van der Waals surface area contributed by atoms with Crippen molar-refractivity contribution in [2.24, 2.45) is 5.73 Å². The van der Waals surface area contributed by atoms with Crippen molar-refractivity contribution in [3.8, 4) is 0 Å². The van der Waals surface area contributed by atoms with Crippen LogP contribution in [0, 0.1) is 0 Å². The van der Waals surface area contributed by atoms with Gasteiger partial charge in [0, 0.05) is 20.0 Å². The summed E-state index contributed by atoms with van der Waals surface area (Å²) in [5.41, 5.74) is 21.5. The van der Waals surface area contributed by atoms with Gasteiger partial charge in [0.1, 0.15) is 6.04 Å². The molecule has 0 bridgehead atoms. The SMILES string of the molecule is CC(=O)NC1Cc2cccc(N)c2NC1=O.CCO.Nc1cccc2c1NC(=O)C(N)C2. The Labute approximate surface area is 186 Å². The Morgan fingerprint density at radius 3 is 1.97 bits per heavy atom. The van der Waals surface area contributed by atoms with E-state index in [1.807, 2.05) is 24.3 Å². The van der Waals surface area contributed by atoms with E-state index in [0.29, 0.717) is 35.6 Å². The second kappa shape index (κ2) is 11.1. The first kappa shape index (κ1) is 24.6. The van der Waals surface area contributed by atoms with Crippen LogP contribution < -0.4 is 33.2 Å². The Bertz CT molecular complexity index is 994. The van der Waals surface area contributed by atoms with Crippen molar-refractivity contribution >= 4 is 40.5 Å². The molecule has 3 amide bonds. The summed E-state index contributed by atoms with van der Waals surface area (Å²) in [4.78, 5) is 33.8. The molecule has 10 N–H and O–H groups in total. The highest BCUT2D eigenvalue weighted by atomic mass is 16.2. The van der Waals surface area contributed by atoms with Crippen molar-refractivity contribution in [2.45, 2.75) is 38.8 Å². The highest BCUT2D eigenvalue weighted by Crippen LogP contribution is 2.28. The van der Waals surface area contributed by atoms with Crippen molar-refractivity contribution in [1.29, 1.82) is 0 Å². The number of amides is 3. The number of para-hydroxylation sites is 2. The molecule has 0 saturated heterocycles. The molecule has 10 heteroatoms. The molecular formula is C22H30N6O4. The third-order valence-electron chi connectivity index (χ3n) is 4.76. The van der Waals surface area contributed by atoms with Gasteiger partial charge in [0.2, 0.25) is 17.7 Å². The molecule has 2 heterocycles. The van der Waals surface area contributed by atoms with Crippen LogP contribution in [0.15, 0.2) is 36.4 Å². The molecular weight excluding hydrogens is 412 g/mol. The fourth-order valence-electron chi connectivity index (χ4n) is 3.32. The number of benzene rings is 2. The number of nitrogen functional groups attached to an aromatic ring is 2. The predicted molar refractivity (Wildman–Crippen MR) is 125 cm³/mol.